The zero-order chi connectivity index (χ0) is 20.4. The van der Waals surface area contributed by atoms with Crippen molar-refractivity contribution in [1.82, 2.24) is 30.6 Å². The van der Waals surface area contributed by atoms with E-state index >= 15 is 0 Å². The van der Waals surface area contributed by atoms with Gasteiger partial charge in [-0.3, -0.25) is 20.0 Å². The van der Waals surface area contributed by atoms with E-state index in [2.05, 4.69) is 25.8 Å². The van der Waals surface area contributed by atoms with Crippen LogP contribution in [0.1, 0.15) is 0 Å². The summed E-state index contributed by atoms with van der Waals surface area (Å²) in [5, 5.41) is 29.5. The molecule has 1 fully saturated rings. The van der Waals surface area contributed by atoms with Crippen molar-refractivity contribution < 1.29 is 29.4 Å². The average molecular weight is 429 g/mol. The molecule has 0 radical (unpaired) electrons. The lowest BCUT2D eigenvalue weighted by Crippen LogP contribution is -2.68. The van der Waals surface area contributed by atoms with Crippen LogP contribution in [0.5, 0.6) is 0 Å². The molecule has 28 heavy (non-hydrogen) atoms. The summed E-state index contributed by atoms with van der Waals surface area (Å²) in [5.41, 5.74) is 8.04. The van der Waals surface area contributed by atoms with Gasteiger partial charge in [-0.1, -0.05) is 11.8 Å². The Labute approximate surface area is 165 Å². The van der Waals surface area contributed by atoms with Crippen LogP contribution < -0.4 is 11.2 Å². The first-order valence-electron chi connectivity index (χ1n) is 7.65. The number of thioether (sulfide) groups is 2. The maximum atomic E-state index is 12.0. The molecule has 13 nitrogen and oxygen atoms in total. The van der Waals surface area contributed by atoms with Crippen molar-refractivity contribution in [3.8, 4) is 0 Å². The highest BCUT2D eigenvalue weighted by atomic mass is 32.2. The number of carbonyl (C=O) groups excluding carboxylic acids is 1. The number of aromatic nitrogens is 4. The SMILES string of the molecule is CONC(=Cn1nnnc1SCC1=C(C(=O)O)N2C(=O)C(N)[C@@H]2SC1)C(=O)O. The number of rotatable bonds is 8. The number of nitrogens with zero attached hydrogens (tertiary/aromatic N) is 5. The van der Waals surface area contributed by atoms with Gasteiger partial charge in [0.2, 0.25) is 11.1 Å². The summed E-state index contributed by atoms with van der Waals surface area (Å²) in [6.45, 7) is 0. The highest BCUT2D eigenvalue weighted by Gasteiger charge is 2.51. The maximum absolute atomic E-state index is 12.0. The zero-order valence-electron chi connectivity index (χ0n) is 14.3. The second kappa shape index (κ2) is 8.17. The van der Waals surface area contributed by atoms with Crippen LogP contribution in [0, 0.1) is 0 Å². The van der Waals surface area contributed by atoms with Crippen LogP contribution in [-0.2, 0) is 19.2 Å². The summed E-state index contributed by atoms with van der Waals surface area (Å²) in [6.07, 6.45) is 1.12. The number of tetrazole rings is 1. The summed E-state index contributed by atoms with van der Waals surface area (Å²) >= 11 is 2.49. The molecule has 3 rings (SSSR count). The molecule has 0 aromatic carbocycles. The molecule has 0 saturated carbocycles. The lowest BCUT2D eigenvalue weighted by molar-refractivity contribution is -0.147. The highest BCUT2D eigenvalue weighted by Crippen LogP contribution is 2.40. The molecule has 2 aliphatic rings. The van der Waals surface area contributed by atoms with Crippen LogP contribution in [0.4, 0.5) is 0 Å². The van der Waals surface area contributed by atoms with Crippen LogP contribution in [0.2, 0.25) is 0 Å². The van der Waals surface area contributed by atoms with Gasteiger partial charge >= 0.3 is 11.9 Å². The molecule has 2 atom stereocenters. The van der Waals surface area contributed by atoms with E-state index in [1.165, 1.54) is 23.8 Å². The highest BCUT2D eigenvalue weighted by molar-refractivity contribution is 8.01. The Morgan fingerprint density at radius 2 is 2.25 bits per heavy atom. The Morgan fingerprint density at radius 1 is 1.50 bits per heavy atom. The second-order valence-corrected chi connectivity index (χ2v) is 7.59. The number of amides is 1. The normalized spacial score (nSPS) is 22.0. The summed E-state index contributed by atoms with van der Waals surface area (Å²) in [7, 11) is 1.25. The third-order valence-electron chi connectivity index (χ3n) is 3.82. The summed E-state index contributed by atoms with van der Waals surface area (Å²) < 4.78 is 1.12. The molecule has 0 spiro atoms. The van der Waals surface area contributed by atoms with Crippen molar-refractivity contribution in [2.75, 3.05) is 18.6 Å². The molecule has 1 aromatic rings. The van der Waals surface area contributed by atoms with Gasteiger partial charge in [0.15, 0.2) is 5.70 Å². The van der Waals surface area contributed by atoms with Gasteiger partial charge in [-0.2, -0.15) is 4.68 Å². The Morgan fingerprint density at radius 3 is 2.89 bits per heavy atom. The number of carboxylic acid groups (broad SMARTS) is 2. The molecular weight excluding hydrogens is 414 g/mol. The molecule has 1 amide bonds. The summed E-state index contributed by atoms with van der Waals surface area (Å²) in [6, 6.07) is -0.700. The van der Waals surface area contributed by atoms with E-state index in [0.717, 1.165) is 22.6 Å². The number of carbonyl (C=O) groups is 3. The molecule has 1 saturated heterocycles. The van der Waals surface area contributed by atoms with E-state index in [-0.39, 0.29) is 27.7 Å². The van der Waals surface area contributed by atoms with Crippen LogP contribution >= 0.6 is 23.5 Å². The van der Waals surface area contributed by atoms with E-state index in [0.29, 0.717) is 11.3 Å². The molecule has 0 bridgehead atoms. The molecule has 2 aliphatic heterocycles. The van der Waals surface area contributed by atoms with Gasteiger partial charge in [-0.25, -0.2) is 9.59 Å². The van der Waals surface area contributed by atoms with Gasteiger partial charge < -0.3 is 15.9 Å². The predicted octanol–water partition coefficient (Wildman–Crippen LogP) is -1.62. The molecule has 150 valence electrons. The van der Waals surface area contributed by atoms with E-state index < -0.39 is 23.9 Å². The van der Waals surface area contributed by atoms with Crippen molar-refractivity contribution in [3.05, 3.63) is 17.0 Å². The standard InChI is InChI=1S/C13H15N7O6S2/c1-26-16-6(11(22)23)2-19-13(15-17-18-19)28-4-5-3-27-10-7(14)9(21)20(10)8(5)12(24)25/h2,7,10,16H,3-4,14H2,1H3,(H,22,23)(H,24,25)/t7?,10-/m0/s1. The zero-order valence-corrected chi connectivity index (χ0v) is 15.9. The van der Waals surface area contributed by atoms with Crippen LogP contribution in [0.3, 0.4) is 0 Å². The Kier molecular flexibility index (Phi) is 5.87. The minimum absolute atomic E-state index is 0.0789. The largest absolute Gasteiger partial charge is 0.477 e. The quantitative estimate of drug-likeness (QED) is 0.160. The minimum Gasteiger partial charge on any atom is -0.477 e. The molecular formula is C13H15N7O6S2. The molecule has 5 N–H and O–H groups in total. The smallest absolute Gasteiger partial charge is 0.355 e. The summed E-state index contributed by atoms with van der Waals surface area (Å²) in [4.78, 5) is 40.6. The number of fused-ring (bicyclic) bond motifs is 1. The third-order valence-corrected chi connectivity index (χ3v) is 6.20. The second-order valence-electron chi connectivity index (χ2n) is 5.54. The molecule has 1 aromatic heterocycles. The molecule has 3 heterocycles. The number of nitrogens with two attached hydrogens (primary N) is 1. The van der Waals surface area contributed by atoms with E-state index in [1.54, 1.807) is 0 Å². The number of hydroxylamine groups is 1. The first kappa shape index (κ1) is 20.1. The van der Waals surface area contributed by atoms with Crippen molar-refractivity contribution in [2.45, 2.75) is 16.6 Å². The number of carboxylic acids is 2. The fraction of sp³-hybridized carbons (Fsp3) is 0.385. The molecule has 0 aliphatic carbocycles. The van der Waals surface area contributed by atoms with E-state index in [9.17, 15) is 19.5 Å². The van der Waals surface area contributed by atoms with Gasteiger partial charge in [0, 0.05) is 11.5 Å². The first-order chi connectivity index (χ1) is 13.3. The van der Waals surface area contributed by atoms with Gasteiger partial charge in [0.25, 0.3) is 0 Å². The maximum Gasteiger partial charge on any atom is 0.355 e. The Bertz CT molecular complexity index is 884. The number of hydrogen-bond acceptors (Lipinski definition) is 11. The van der Waals surface area contributed by atoms with E-state index in [4.69, 9.17) is 10.8 Å². The van der Waals surface area contributed by atoms with Crippen LogP contribution in [-0.4, -0.2) is 83.2 Å². The van der Waals surface area contributed by atoms with Crippen molar-refractivity contribution in [3.63, 3.8) is 0 Å². The van der Waals surface area contributed by atoms with Crippen LogP contribution in [0.25, 0.3) is 6.20 Å². The van der Waals surface area contributed by atoms with Crippen molar-refractivity contribution >= 4 is 47.6 Å². The van der Waals surface area contributed by atoms with Crippen molar-refractivity contribution in [2.24, 2.45) is 5.73 Å². The number of hydrogen-bond donors (Lipinski definition) is 4. The third kappa shape index (κ3) is 3.68. The lowest BCUT2D eigenvalue weighted by Gasteiger charge is -2.48. The summed E-state index contributed by atoms with van der Waals surface area (Å²) in [5.74, 6) is -2.35. The lowest BCUT2D eigenvalue weighted by atomic mass is 10.0. The number of nitrogens with one attached hydrogen (secondary N) is 1. The van der Waals surface area contributed by atoms with E-state index in [1.807, 2.05) is 0 Å². The predicted molar refractivity (Wildman–Crippen MR) is 96.3 cm³/mol. The Balaban J connectivity index is 1.80. The fourth-order valence-corrected chi connectivity index (χ4v) is 4.84. The topological polar surface area (TPSA) is 186 Å². The van der Waals surface area contributed by atoms with Gasteiger partial charge in [0.1, 0.15) is 17.1 Å². The van der Waals surface area contributed by atoms with Crippen LogP contribution in [0.15, 0.2) is 22.1 Å². The Hall–Kier alpha value is -2.62. The van der Waals surface area contributed by atoms with Gasteiger partial charge in [-0.05, 0) is 16.0 Å². The van der Waals surface area contributed by atoms with Crippen molar-refractivity contribution in [1.29, 1.82) is 0 Å². The first-order valence-corrected chi connectivity index (χ1v) is 9.69. The number of β-lactam (4-membered cyclic amide) rings is 1. The number of aliphatic carboxylic acids is 2. The van der Waals surface area contributed by atoms with Gasteiger partial charge in [0.05, 0.1) is 13.3 Å². The monoisotopic (exact) mass is 429 g/mol. The minimum atomic E-state index is -1.29. The average Bonchev–Trinajstić information content (AvgIpc) is 3.11. The molecule has 15 heteroatoms. The molecule has 1 unspecified atom stereocenters. The fourth-order valence-electron chi connectivity index (χ4n) is 2.56. The van der Waals surface area contributed by atoms with Gasteiger partial charge in [-0.15, -0.1) is 16.9 Å².